The molecule has 0 aliphatic carbocycles. The van der Waals surface area contributed by atoms with Crippen LogP contribution in [0.1, 0.15) is 13.3 Å². The third-order valence-corrected chi connectivity index (χ3v) is 2.41. The molecule has 0 unspecified atom stereocenters. The molecule has 0 aliphatic rings. The molecule has 1 heterocycles. The summed E-state index contributed by atoms with van der Waals surface area (Å²) in [5.74, 6) is -0.0480. The molecule has 0 aliphatic heterocycles. The first-order valence-electron chi connectivity index (χ1n) is 5.38. The summed E-state index contributed by atoms with van der Waals surface area (Å²) in [6.45, 7) is 4.61. The predicted molar refractivity (Wildman–Crippen MR) is 65.6 cm³/mol. The number of nitrogens with one attached hydrogen (secondary N) is 1. The lowest BCUT2D eigenvalue weighted by Crippen LogP contribution is -2.30. The molecular weight excluding hydrogens is 229 g/mol. The topological polar surface area (TPSA) is 28.2 Å². The maximum Gasteiger partial charge on any atom is 0.167 e. The Labute approximate surface area is 101 Å². The number of hydrogen-bond acceptors (Lipinski definition) is 3. The molecule has 5 heteroatoms. The summed E-state index contributed by atoms with van der Waals surface area (Å²) in [5.41, 5.74) is 0. The molecule has 16 heavy (non-hydrogen) atoms. The summed E-state index contributed by atoms with van der Waals surface area (Å²) in [4.78, 5) is 5.74. The van der Waals surface area contributed by atoms with Gasteiger partial charge in [-0.15, -0.1) is 0 Å². The minimum atomic E-state index is -0.384. The van der Waals surface area contributed by atoms with Crippen LogP contribution < -0.4 is 10.2 Å². The van der Waals surface area contributed by atoms with Crippen molar-refractivity contribution >= 4 is 17.4 Å². The monoisotopic (exact) mass is 245 g/mol. The Morgan fingerprint density at radius 2 is 2.25 bits per heavy atom. The Bertz CT molecular complexity index is 333. The van der Waals surface area contributed by atoms with Crippen LogP contribution in [0.2, 0.25) is 5.02 Å². The number of nitrogens with zero attached hydrogens (tertiary/aromatic N) is 2. The van der Waals surface area contributed by atoms with Crippen LogP contribution in [0.3, 0.4) is 0 Å². The third-order valence-electron chi connectivity index (χ3n) is 2.20. The molecule has 0 amide bonds. The number of anilines is 1. The molecule has 0 saturated heterocycles. The molecule has 1 aromatic rings. The zero-order chi connectivity index (χ0) is 12.0. The quantitative estimate of drug-likeness (QED) is 0.780. The van der Waals surface area contributed by atoms with E-state index in [-0.39, 0.29) is 5.82 Å². The van der Waals surface area contributed by atoms with E-state index in [2.05, 4.69) is 17.2 Å². The summed E-state index contributed by atoms with van der Waals surface area (Å²) in [6, 6.07) is 1.28. The molecule has 1 aromatic heterocycles. The van der Waals surface area contributed by atoms with E-state index in [0.717, 1.165) is 19.5 Å². The van der Waals surface area contributed by atoms with Crippen molar-refractivity contribution in [1.82, 2.24) is 10.3 Å². The Kier molecular flexibility index (Phi) is 5.49. The van der Waals surface area contributed by atoms with Gasteiger partial charge in [0.05, 0.1) is 5.02 Å². The lowest BCUT2D eigenvalue weighted by molar-refractivity contribution is 0.607. The van der Waals surface area contributed by atoms with Crippen LogP contribution in [0.4, 0.5) is 10.2 Å². The van der Waals surface area contributed by atoms with E-state index in [1.54, 1.807) is 4.90 Å². The number of aromatic nitrogens is 1. The smallest absolute Gasteiger partial charge is 0.167 e. The second-order valence-electron chi connectivity index (χ2n) is 3.63. The lowest BCUT2D eigenvalue weighted by atomic mass is 10.4. The van der Waals surface area contributed by atoms with Crippen molar-refractivity contribution in [2.75, 3.05) is 31.6 Å². The van der Waals surface area contributed by atoms with Crippen LogP contribution in [-0.4, -0.2) is 31.7 Å². The van der Waals surface area contributed by atoms with Gasteiger partial charge in [0.2, 0.25) is 0 Å². The van der Waals surface area contributed by atoms with Crippen molar-refractivity contribution < 1.29 is 4.39 Å². The van der Waals surface area contributed by atoms with E-state index in [0.29, 0.717) is 17.4 Å². The van der Waals surface area contributed by atoms with Crippen molar-refractivity contribution in [2.45, 2.75) is 13.3 Å². The van der Waals surface area contributed by atoms with E-state index >= 15 is 0 Å². The van der Waals surface area contributed by atoms with Gasteiger partial charge in [-0.2, -0.15) is 0 Å². The minimum Gasteiger partial charge on any atom is -0.356 e. The van der Waals surface area contributed by atoms with Gasteiger partial charge in [-0.25, -0.2) is 9.37 Å². The van der Waals surface area contributed by atoms with Crippen molar-refractivity contribution in [3.63, 3.8) is 0 Å². The van der Waals surface area contributed by atoms with Gasteiger partial charge < -0.3 is 10.2 Å². The maximum atomic E-state index is 13.5. The van der Waals surface area contributed by atoms with Crippen molar-refractivity contribution in [3.8, 4) is 0 Å². The van der Waals surface area contributed by atoms with Crippen LogP contribution >= 0.6 is 11.6 Å². The molecule has 0 spiro atoms. The normalized spacial score (nSPS) is 10.5. The predicted octanol–water partition coefficient (Wildman–Crippen LogP) is 2.31. The standard InChI is InChI=1S/C11H17ClFN3/c1-3-4-14-5-6-16(2)11-10(13)7-9(12)8-15-11/h7-8,14H,3-6H2,1-2H3. The van der Waals surface area contributed by atoms with Gasteiger partial charge in [-0.05, 0) is 19.0 Å². The van der Waals surface area contributed by atoms with E-state index in [4.69, 9.17) is 11.6 Å². The summed E-state index contributed by atoms with van der Waals surface area (Å²) in [5, 5.41) is 3.57. The molecule has 0 bridgehead atoms. The van der Waals surface area contributed by atoms with Crippen LogP contribution in [0.15, 0.2) is 12.3 Å². The van der Waals surface area contributed by atoms with Gasteiger partial charge in [-0.1, -0.05) is 18.5 Å². The fourth-order valence-electron chi connectivity index (χ4n) is 1.34. The summed E-state index contributed by atoms with van der Waals surface area (Å²) >= 11 is 5.63. The molecular formula is C11H17ClFN3. The number of likely N-dealkylation sites (N-methyl/N-ethyl adjacent to an activating group) is 1. The van der Waals surface area contributed by atoms with E-state index in [9.17, 15) is 4.39 Å². The highest BCUT2D eigenvalue weighted by molar-refractivity contribution is 6.30. The highest BCUT2D eigenvalue weighted by Crippen LogP contribution is 2.17. The molecule has 3 nitrogen and oxygen atoms in total. The van der Waals surface area contributed by atoms with Crippen molar-refractivity contribution in [3.05, 3.63) is 23.1 Å². The molecule has 90 valence electrons. The Hall–Kier alpha value is -0.870. The maximum absolute atomic E-state index is 13.5. The fourth-order valence-corrected chi connectivity index (χ4v) is 1.49. The van der Waals surface area contributed by atoms with Gasteiger partial charge in [-0.3, -0.25) is 0 Å². The number of halogens is 2. The average molecular weight is 246 g/mol. The second-order valence-corrected chi connectivity index (χ2v) is 4.07. The van der Waals surface area contributed by atoms with Crippen LogP contribution in [0, 0.1) is 5.82 Å². The number of pyridine rings is 1. The molecule has 0 saturated carbocycles. The van der Waals surface area contributed by atoms with Gasteiger partial charge in [0.25, 0.3) is 0 Å². The molecule has 0 radical (unpaired) electrons. The lowest BCUT2D eigenvalue weighted by Gasteiger charge is -2.18. The highest BCUT2D eigenvalue weighted by Gasteiger charge is 2.08. The zero-order valence-corrected chi connectivity index (χ0v) is 10.4. The fraction of sp³-hybridized carbons (Fsp3) is 0.545. The second kappa shape index (κ2) is 6.66. The van der Waals surface area contributed by atoms with Gasteiger partial charge in [0.15, 0.2) is 11.6 Å². The van der Waals surface area contributed by atoms with Gasteiger partial charge >= 0.3 is 0 Å². The Morgan fingerprint density at radius 1 is 1.50 bits per heavy atom. The molecule has 0 atom stereocenters. The Morgan fingerprint density at radius 3 is 2.88 bits per heavy atom. The van der Waals surface area contributed by atoms with Gasteiger partial charge in [0.1, 0.15) is 0 Å². The third kappa shape index (κ3) is 3.94. The first-order chi connectivity index (χ1) is 7.65. The SMILES string of the molecule is CCCNCCN(C)c1ncc(Cl)cc1F. The van der Waals surface area contributed by atoms with Crippen molar-refractivity contribution in [2.24, 2.45) is 0 Å². The van der Waals surface area contributed by atoms with Crippen molar-refractivity contribution in [1.29, 1.82) is 0 Å². The molecule has 1 N–H and O–H groups in total. The van der Waals surface area contributed by atoms with E-state index in [1.165, 1.54) is 12.3 Å². The summed E-state index contributed by atoms with van der Waals surface area (Å²) < 4.78 is 13.5. The first-order valence-corrected chi connectivity index (χ1v) is 5.76. The minimum absolute atomic E-state index is 0.318. The van der Waals surface area contributed by atoms with Crippen LogP contribution in [0.5, 0.6) is 0 Å². The van der Waals surface area contributed by atoms with E-state index < -0.39 is 0 Å². The largest absolute Gasteiger partial charge is 0.356 e. The molecule has 1 rings (SSSR count). The van der Waals surface area contributed by atoms with Crippen LogP contribution in [-0.2, 0) is 0 Å². The first kappa shape index (κ1) is 13.2. The molecule has 0 fully saturated rings. The van der Waals surface area contributed by atoms with E-state index in [1.807, 2.05) is 7.05 Å². The summed E-state index contributed by atoms with van der Waals surface area (Å²) in [6.07, 6.45) is 2.55. The van der Waals surface area contributed by atoms with Gasteiger partial charge in [0, 0.05) is 26.3 Å². The molecule has 0 aromatic carbocycles. The highest BCUT2D eigenvalue weighted by atomic mass is 35.5. The van der Waals surface area contributed by atoms with Crippen LogP contribution in [0.25, 0.3) is 0 Å². The Balaban J connectivity index is 2.49. The number of hydrogen-bond donors (Lipinski definition) is 1. The average Bonchev–Trinajstić information content (AvgIpc) is 2.24. The zero-order valence-electron chi connectivity index (χ0n) is 9.63. The summed E-state index contributed by atoms with van der Waals surface area (Å²) in [7, 11) is 1.81. The number of rotatable bonds is 6.